The van der Waals surface area contributed by atoms with E-state index in [1.807, 2.05) is 0 Å². The van der Waals surface area contributed by atoms with Crippen molar-refractivity contribution in [3.63, 3.8) is 0 Å². The largest absolute Gasteiger partial charge is 0.529 e. The maximum atomic E-state index is 12.9. The highest BCUT2D eigenvalue weighted by Gasteiger charge is 2.54. The van der Waals surface area contributed by atoms with E-state index in [4.69, 9.17) is 18.3 Å². The minimum absolute atomic E-state index is 0.126. The standard InChI is InChI=1S/C19H33O6P/c1-7-23-26(21,24-8-2)25-14-10-11-15-18(3,4)12-9-13-19(15,5)16(14)17(20)22-6/h15H,7-13H2,1-6H3/t15-,19-/m1/s1. The average Bonchev–Trinajstić information content (AvgIpc) is 2.53. The number of fused-ring (bicyclic) bond motifs is 1. The van der Waals surface area contributed by atoms with Crippen molar-refractivity contribution in [2.75, 3.05) is 20.3 Å². The van der Waals surface area contributed by atoms with Crippen LogP contribution in [0.25, 0.3) is 0 Å². The zero-order valence-electron chi connectivity index (χ0n) is 16.9. The van der Waals surface area contributed by atoms with Crippen LogP contribution in [0.5, 0.6) is 0 Å². The van der Waals surface area contributed by atoms with Crippen LogP contribution in [-0.4, -0.2) is 26.3 Å². The summed E-state index contributed by atoms with van der Waals surface area (Å²) in [7, 11) is -2.38. The minimum atomic E-state index is -3.75. The van der Waals surface area contributed by atoms with Crippen molar-refractivity contribution in [2.45, 2.75) is 66.7 Å². The molecule has 2 aliphatic carbocycles. The summed E-state index contributed by atoms with van der Waals surface area (Å²) in [4.78, 5) is 12.7. The van der Waals surface area contributed by atoms with E-state index < -0.39 is 13.8 Å². The summed E-state index contributed by atoms with van der Waals surface area (Å²) in [6, 6.07) is 0. The molecule has 2 aliphatic rings. The molecule has 0 aliphatic heterocycles. The molecule has 0 aromatic rings. The molecule has 0 heterocycles. The number of carbonyl (C=O) groups is 1. The number of carbonyl (C=O) groups excluding carboxylic acids is 1. The summed E-state index contributed by atoms with van der Waals surface area (Å²) in [5.41, 5.74) is 0.260. The molecule has 0 N–H and O–H groups in total. The number of hydrogen-bond acceptors (Lipinski definition) is 6. The van der Waals surface area contributed by atoms with Crippen LogP contribution in [0.3, 0.4) is 0 Å². The lowest BCUT2D eigenvalue weighted by Crippen LogP contribution is -2.47. The zero-order chi connectivity index (χ0) is 19.6. The molecular weight excluding hydrogens is 355 g/mol. The average molecular weight is 388 g/mol. The van der Waals surface area contributed by atoms with Crippen LogP contribution in [0.1, 0.15) is 66.7 Å². The molecular formula is C19H33O6P. The Bertz CT molecular complexity index is 601. The van der Waals surface area contributed by atoms with E-state index in [1.54, 1.807) is 13.8 Å². The van der Waals surface area contributed by atoms with Crippen molar-refractivity contribution < 1.29 is 27.7 Å². The van der Waals surface area contributed by atoms with Crippen molar-refractivity contribution >= 4 is 13.8 Å². The lowest BCUT2D eigenvalue weighted by molar-refractivity contribution is -0.140. The summed E-state index contributed by atoms with van der Waals surface area (Å²) >= 11 is 0. The molecule has 1 fully saturated rings. The third kappa shape index (κ3) is 4.02. The maximum Gasteiger partial charge on any atom is 0.529 e. The van der Waals surface area contributed by atoms with Gasteiger partial charge in [0.25, 0.3) is 0 Å². The fraction of sp³-hybridized carbons (Fsp3) is 0.842. The van der Waals surface area contributed by atoms with E-state index >= 15 is 0 Å². The van der Waals surface area contributed by atoms with Gasteiger partial charge in [0.2, 0.25) is 0 Å². The van der Waals surface area contributed by atoms with Crippen LogP contribution in [0.2, 0.25) is 0 Å². The maximum absolute atomic E-state index is 12.9. The number of allylic oxidation sites excluding steroid dienone is 1. The number of phosphoric ester groups is 1. The summed E-state index contributed by atoms with van der Waals surface area (Å²) in [6.07, 6.45) is 4.44. The first-order valence-electron chi connectivity index (χ1n) is 9.54. The van der Waals surface area contributed by atoms with Crippen molar-refractivity contribution in [2.24, 2.45) is 16.7 Å². The van der Waals surface area contributed by atoms with Crippen LogP contribution in [-0.2, 0) is 27.7 Å². The lowest BCUT2D eigenvalue weighted by Gasteiger charge is -2.53. The van der Waals surface area contributed by atoms with Gasteiger partial charge >= 0.3 is 13.8 Å². The predicted octanol–water partition coefficient (Wildman–Crippen LogP) is 5.24. The molecule has 6 nitrogen and oxygen atoms in total. The Morgan fingerprint density at radius 3 is 2.31 bits per heavy atom. The van der Waals surface area contributed by atoms with Gasteiger partial charge < -0.3 is 9.26 Å². The Morgan fingerprint density at radius 1 is 1.15 bits per heavy atom. The first kappa shape index (κ1) is 21.5. The van der Waals surface area contributed by atoms with Crippen molar-refractivity contribution in [3.8, 4) is 0 Å². The van der Waals surface area contributed by atoms with Crippen LogP contribution < -0.4 is 0 Å². The molecule has 2 rings (SSSR count). The highest BCUT2D eigenvalue weighted by Crippen LogP contribution is 2.62. The number of phosphoric acid groups is 1. The summed E-state index contributed by atoms with van der Waals surface area (Å²) in [5, 5.41) is 0. The number of esters is 1. The molecule has 0 aromatic heterocycles. The molecule has 7 heteroatoms. The van der Waals surface area contributed by atoms with E-state index in [-0.39, 0.29) is 24.0 Å². The smallest absolute Gasteiger partial charge is 0.466 e. The van der Waals surface area contributed by atoms with E-state index in [0.29, 0.717) is 23.7 Å². The fourth-order valence-electron chi connectivity index (χ4n) is 4.93. The normalized spacial score (nSPS) is 28.5. The summed E-state index contributed by atoms with van der Waals surface area (Å²) < 4.78 is 34.3. The van der Waals surface area contributed by atoms with Gasteiger partial charge in [-0.15, -0.1) is 0 Å². The van der Waals surface area contributed by atoms with Gasteiger partial charge in [0.1, 0.15) is 5.76 Å². The molecule has 0 saturated heterocycles. The van der Waals surface area contributed by atoms with Crippen LogP contribution >= 0.6 is 7.82 Å². The Morgan fingerprint density at radius 2 is 1.77 bits per heavy atom. The molecule has 150 valence electrons. The van der Waals surface area contributed by atoms with E-state index in [2.05, 4.69) is 20.8 Å². The number of rotatable bonds is 7. The fourth-order valence-corrected chi connectivity index (χ4v) is 6.20. The quantitative estimate of drug-likeness (QED) is 0.439. The van der Waals surface area contributed by atoms with E-state index in [1.165, 1.54) is 7.11 Å². The van der Waals surface area contributed by atoms with Crippen molar-refractivity contribution in [1.29, 1.82) is 0 Å². The van der Waals surface area contributed by atoms with Gasteiger partial charge in [0.05, 0.1) is 25.9 Å². The second-order valence-electron chi connectivity index (χ2n) is 8.01. The first-order chi connectivity index (χ1) is 12.1. The first-order valence-corrected chi connectivity index (χ1v) is 11.0. The molecule has 2 atom stereocenters. The molecule has 0 radical (unpaired) electrons. The zero-order valence-corrected chi connectivity index (χ0v) is 17.8. The molecule has 0 bridgehead atoms. The summed E-state index contributed by atoms with van der Waals surface area (Å²) in [6.45, 7) is 10.5. The highest BCUT2D eigenvalue weighted by atomic mass is 31.2. The Hall–Kier alpha value is -0.840. The van der Waals surface area contributed by atoms with Gasteiger partial charge in [-0.05, 0) is 44.4 Å². The predicted molar refractivity (Wildman–Crippen MR) is 99.4 cm³/mol. The molecule has 0 unspecified atom stereocenters. The number of methoxy groups -OCH3 is 1. The van der Waals surface area contributed by atoms with Gasteiger partial charge in [-0.1, -0.05) is 27.2 Å². The molecule has 26 heavy (non-hydrogen) atoms. The molecule has 0 amide bonds. The second kappa shape index (κ2) is 8.04. The van der Waals surface area contributed by atoms with Crippen LogP contribution in [0, 0.1) is 16.7 Å². The monoisotopic (exact) mass is 388 g/mol. The lowest BCUT2D eigenvalue weighted by atomic mass is 9.51. The molecule has 0 spiro atoms. The number of ether oxygens (including phenoxy) is 1. The third-order valence-electron chi connectivity index (χ3n) is 5.93. The minimum Gasteiger partial charge on any atom is -0.466 e. The molecule has 0 aromatic carbocycles. The topological polar surface area (TPSA) is 71.1 Å². The van der Waals surface area contributed by atoms with Crippen LogP contribution in [0.4, 0.5) is 0 Å². The van der Waals surface area contributed by atoms with E-state index in [0.717, 1.165) is 25.7 Å². The highest BCUT2D eigenvalue weighted by molar-refractivity contribution is 7.48. The third-order valence-corrected chi connectivity index (χ3v) is 7.52. The SMILES string of the molecule is CCOP(=O)(OCC)OC1=C(C(=O)OC)[C@]2(C)CCCC(C)(C)[C@H]2CC1. The van der Waals surface area contributed by atoms with Crippen LogP contribution in [0.15, 0.2) is 11.3 Å². The molecule has 1 saturated carbocycles. The van der Waals surface area contributed by atoms with Gasteiger partial charge in [-0.25, -0.2) is 9.36 Å². The second-order valence-corrected chi connectivity index (χ2v) is 9.61. The van der Waals surface area contributed by atoms with Crippen molar-refractivity contribution in [3.05, 3.63) is 11.3 Å². The number of hydrogen-bond donors (Lipinski definition) is 0. The van der Waals surface area contributed by atoms with Gasteiger partial charge in [0, 0.05) is 11.8 Å². The van der Waals surface area contributed by atoms with E-state index in [9.17, 15) is 9.36 Å². The van der Waals surface area contributed by atoms with Crippen molar-refractivity contribution in [1.82, 2.24) is 0 Å². The Kier molecular flexibility index (Phi) is 6.63. The van der Waals surface area contributed by atoms with Gasteiger partial charge in [0.15, 0.2) is 0 Å². The summed E-state index contributed by atoms with van der Waals surface area (Å²) in [5.74, 6) is 0.326. The Balaban J connectivity index is 2.50. The Labute approximate surface area is 157 Å². The van der Waals surface area contributed by atoms with Gasteiger partial charge in [-0.3, -0.25) is 9.05 Å². The van der Waals surface area contributed by atoms with Gasteiger partial charge in [-0.2, -0.15) is 0 Å².